The van der Waals surface area contributed by atoms with Crippen molar-refractivity contribution in [3.8, 4) is 0 Å². The van der Waals surface area contributed by atoms with Gasteiger partial charge >= 0.3 is 6.03 Å². The lowest BCUT2D eigenvalue weighted by Crippen LogP contribution is -2.36. The van der Waals surface area contributed by atoms with Gasteiger partial charge in [-0.1, -0.05) is 42.5 Å². The molecule has 7 heteroatoms. The summed E-state index contributed by atoms with van der Waals surface area (Å²) in [4.78, 5) is 12.2. The summed E-state index contributed by atoms with van der Waals surface area (Å²) in [6, 6.07) is 15.6. The van der Waals surface area contributed by atoms with E-state index in [0.29, 0.717) is 5.56 Å². The van der Waals surface area contributed by atoms with Gasteiger partial charge < -0.3 is 10.6 Å². The van der Waals surface area contributed by atoms with Gasteiger partial charge in [-0.05, 0) is 37.2 Å². The molecular weight excluding hydrogens is 326 g/mol. The van der Waals surface area contributed by atoms with Crippen LogP contribution in [0.3, 0.4) is 0 Å². The number of carbonyl (C=O) groups excluding carboxylic acids is 1. The first-order valence-electron chi connectivity index (χ1n) is 7.54. The first-order chi connectivity index (χ1) is 11.4. The number of sulfonamides is 1. The average molecular weight is 347 g/mol. The molecule has 0 saturated carbocycles. The van der Waals surface area contributed by atoms with E-state index in [2.05, 4.69) is 15.4 Å². The number of rotatable bonds is 6. The highest BCUT2D eigenvalue weighted by Gasteiger charge is 2.12. The number of carbonyl (C=O) groups is 1. The monoisotopic (exact) mass is 347 g/mol. The topological polar surface area (TPSA) is 87.3 Å². The van der Waals surface area contributed by atoms with Crippen molar-refractivity contribution in [1.29, 1.82) is 0 Å². The minimum absolute atomic E-state index is 0.123. The van der Waals surface area contributed by atoms with Gasteiger partial charge in [0.15, 0.2) is 0 Å². The van der Waals surface area contributed by atoms with E-state index in [4.69, 9.17) is 0 Å². The first kappa shape index (κ1) is 18.0. The third-order valence-electron chi connectivity index (χ3n) is 3.58. The van der Waals surface area contributed by atoms with Crippen molar-refractivity contribution in [3.63, 3.8) is 0 Å². The summed E-state index contributed by atoms with van der Waals surface area (Å²) in [5, 5.41) is 5.57. The standard InChI is InChI=1S/C17H21N3O3S/c1-13(15-8-4-3-5-9-15)20-17(21)19-12-14-7-6-10-16(11-14)24(22,23)18-2/h3-11,13,18H,12H2,1-2H3,(H2,19,20,21). The van der Waals surface area contributed by atoms with E-state index < -0.39 is 10.0 Å². The van der Waals surface area contributed by atoms with Gasteiger partial charge in [0.1, 0.15) is 0 Å². The SMILES string of the molecule is CNS(=O)(=O)c1cccc(CNC(=O)NC(C)c2ccccc2)c1. The van der Waals surface area contributed by atoms with E-state index in [1.165, 1.54) is 19.2 Å². The summed E-state index contributed by atoms with van der Waals surface area (Å²) in [7, 11) is -2.13. The van der Waals surface area contributed by atoms with Crippen LogP contribution in [0.1, 0.15) is 24.1 Å². The number of hydrogen-bond acceptors (Lipinski definition) is 3. The number of urea groups is 1. The van der Waals surface area contributed by atoms with Gasteiger partial charge in [0, 0.05) is 6.54 Å². The Hall–Kier alpha value is -2.38. The summed E-state index contributed by atoms with van der Waals surface area (Å²) < 4.78 is 25.8. The summed E-state index contributed by atoms with van der Waals surface area (Å²) in [5.74, 6) is 0. The van der Waals surface area contributed by atoms with Gasteiger partial charge in [-0.3, -0.25) is 0 Å². The van der Waals surface area contributed by atoms with Gasteiger partial charge in [0.25, 0.3) is 0 Å². The molecule has 2 aromatic carbocycles. The van der Waals surface area contributed by atoms with Gasteiger partial charge in [0.05, 0.1) is 10.9 Å². The summed E-state index contributed by atoms with van der Waals surface area (Å²) in [6.07, 6.45) is 0. The second kappa shape index (κ2) is 7.94. The van der Waals surface area contributed by atoms with Crippen LogP contribution >= 0.6 is 0 Å². The molecule has 0 bridgehead atoms. The van der Waals surface area contributed by atoms with Crippen molar-refractivity contribution >= 4 is 16.1 Å². The quantitative estimate of drug-likeness (QED) is 0.748. The molecular formula is C17H21N3O3S. The minimum atomic E-state index is -3.49. The van der Waals surface area contributed by atoms with Crippen molar-refractivity contribution < 1.29 is 13.2 Å². The van der Waals surface area contributed by atoms with Crippen LogP contribution in [0, 0.1) is 0 Å². The van der Waals surface area contributed by atoms with Gasteiger partial charge in [-0.2, -0.15) is 0 Å². The van der Waals surface area contributed by atoms with E-state index >= 15 is 0 Å². The summed E-state index contributed by atoms with van der Waals surface area (Å²) in [6.45, 7) is 2.13. The number of amides is 2. The third-order valence-corrected chi connectivity index (χ3v) is 4.99. The van der Waals surface area contributed by atoms with Crippen LogP contribution in [0.25, 0.3) is 0 Å². The molecule has 2 rings (SSSR count). The van der Waals surface area contributed by atoms with Crippen molar-refractivity contribution in [3.05, 3.63) is 65.7 Å². The second-order valence-electron chi connectivity index (χ2n) is 5.31. The molecule has 0 heterocycles. The van der Waals surface area contributed by atoms with E-state index in [1.54, 1.807) is 12.1 Å². The van der Waals surface area contributed by atoms with E-state index in [1.807, 2.05) is 37.3 Å². The summed E-state index contributed by atoms with van der Waals surface area (Å²) in [5.41, 5.74) is 1.71. The molecule has 1 atom stereocenters. The maximum absolute atomic E-state index is 12.0. The summed E-state index contributed by atoms with van der Waals surface area (Å²) >= 11 is 0. The normalized spacial score (nSPS) is 12.4. The second-order valence-corrected chi connectivity index (χ2v) is 7.20. The molecule has 0 aliphatic carbocycles. The molecule has 0 aliphatic heterocycles. The predicted octanol–water partition coefficient (Wildman–Crippen LogP) is 2.16. The lowest BCUT2D eigenvalue weighted by Gasteiger charge is -2.15. The number of hydrogen-bond donors (Lipinski definition) is 3. The molecule has 0 saturated heterocycles. The molecule has 2 amide bonds. The fourth-order valence-corrected chi connectivity index (χ4v) is 3.00. The van der Waals surface area contributed by atoms with Crippen molar-refractivity contribution in [2.24, 2.45) is 0 Å². The molecule has 0 aromatic heterocycles. The van der Waals surface area contributed by atoms with Crippen molar-refractivity contribution in [2.45, 2.75) is 24.4 Å². The third kappa shape index (κ3) is 4.81. The highest BCUT2D eigenvalue weighted by atomic mass is 32.2. The number of nitrogens with one attached hydrogen (secondary N) is 3. The molecule has 2 aromatic rings. The van der Waals surface area contributed by atoms with Gasteiger partial charge in [0.2, 0.25) is 10.0 Å². The van der Waals surface area contributed by atoms with Crippen LogP contribution in [0.15, 0.2) is 59.5 Å². The number of benzene rings is 2. The van der Waals surface area contributed by atoms with Crippen molar-refractivity contribution in [2.75, 3.05) is 7.05 Å². The maximum Gasteiger partial charge on any atom is 0.315 e. The molecule has 0 fully saturated rings. The zero-order chi connectivity index (χ0) is 17.6. The zero-order valence-corrected chi connectivity index (χ0v) is 14.4. The Morgan fingerprint density at radius 1 is 1.08 bits per heavy atom. The maximum atomic E-state index is 12.0. The van der Waals surface area contributed by atoms with Crippen LogP contribution in [0.2, 0.25) is 0 Å². The van der Waals surface area contributed by atoms with E-state index in [0.717, 1.165) is 5.56 Å². The molecule has 0 spiro atoms. The fraction of sp³-hybridized carbons (Fsp3) is 0.235. The first-order valence-corrected chi connectivity index (χ1v) is 9.02. The van der Waals surface area contributed by atoms with E-state index in [9.17, 15) is 13.2 Å². The Morgan fingerprint density at radius 3 is 2.46 bits per heavy atom. The highest BCUT2D eigenvalue weighted by Crippen LogP contribution is 2.12. The lowest BCUT2D eigenvalue weighted by atomic mass is 10.1. The van der Waals surface area contributed by atoms with E-state index in [-0.39, 0.29) is 23.5 Å². The van der Waals surface area contributed by atoms with Crippen molar-refractivity contribution in [1.82, 2.24) is 15.4 Å². The zero-order valence-electron chi connectivity index (χ0n) is 13.6. The predicted molar refractivity (Wildman–Crippen MR) is 92.9 cm³/mol. The van der Waals surface area contributed by atoms with Gasteiger partial charge in [-0.15, -0.1) is 0 Å². The minimum Gasteiger partial charge on any atom is -0.334 e. The molecule has 0 aliphatic rings. The van der Waals surface area contributed by atoms with Crippen LogP contribution in [-0.2, 0) is 16.6 Å². The Kier molecular flexibility index (Phi) is 5.94. The van der Waals surface area contributed by atoms with Crippen LogP contribution in [-0.4, -0.2) is 21.5 Å². The fourth-order valence-electron chi connectivity index (χ4n) is 2.20. The Morgan fingerprint density at radius 2 is 1.79 bits per heavy atom. The van der Waals surface area contributed by atoms with Crippen LogP contribution in [0.4, 0.5) is 4.79 Å². The molecule has 128 valence electrons. The Labute approximate surface area is 142 Å². The molecule has 0 radical (unpaired) electrons. The van der Waals surface area contributed by atoms with Gasteiger partial charge in [-0.25, -0.2) is 17.9 Å². The smallest absolute Gasteiger partial charge is 0.315 e. The Bertz CT molecular complexity index is 792. The van der Waals surface area contributed by atoms with Crippen LogP contribution in [0.5, 0.6) is 0 Å². The highest BCUT2D eigenvalue weighted by molar-refractivity contribution is 7.89. The largest absolute Gasteiger partial charge is 0.334 e. The lowest BCUT2D eigenvalue weighted by molar-refractivity contribution is 0.237. The molecule has 1 unspecified atom stereocenters. The molecule has 24 heavy (non-hydrogen) atoms. The molecule has 3 N–H and O–H groups in total. The Balaban J connectivity index is 1.94. The average Bonchev–Trinajstić information content (AvgIpc) is 2.61. The molecule has 6 nitrogen and oxygen atoms in total. The van der Waals surface area contributed by atoms with Crippen LogP contribution < -0.4 is 15.4 Å².